The minimum Gasteiger partial charge on any atom is -0.385 e. The molecule has 2 rings (SSSR count). The average Bonchev–Trinajstić information content (AvgIpc) is 2.77. The third-order valence-corrected chi connectivity index (χ3v) is 3.09. The number of aromatic nitrogens is 1. The zero-order valence-corrected chi connectivity index (χ0v) is 8.50. The van der Waals surface area contributed by atoms with Gasteiger partial charge in [0.2, 0.25) is 0 Å². The van der Waals surface area contributed by atoms with E-state index in [1.165, 1.54) is 0 Å². The van der Waals surface area contributed by atoms with E-state index in [1.807, 2.05) is 13.8 Å². The van der Waals surface area contributed by atoms with Crippen molar-refractivity contribution in [3.05, 3.63) is 33.7 Å². The molecule has 2 atom stereocenters. The lowest BCUT2D eigenvalue weighted by Crippen LogP contribution is -2.20. The Kier molecular flexibility index (Phi) is 2.00. The van der Waals surface area contributed by atoms with Crippen molar-refractivity contribution in [2.24, 2.45) is 5.92 Å². The SMILES string of the molecule is CCC1CC1(O)c1c[nH]c(C)cc1=O. The van der Waals surface area contributed by atoms with Crippen molar-refractivity contribution < 1.29 is 5.11 Å². The summed E-state index contributed by atoms with van der Waals surface area (Å²) in [4.78, 5) is 14.6. The van der Waals surface area contributed by atoms with E-state index in [0.717, 1.165) is 18.5 Å². The van der Waals surface area contributed by atoms with Crippen LogP contribution in [0.5, 0.6) is 0 Å². The summed E-state index contributed by atoms with van der Waals surface area (Å²) in [5.74, 6) is 0.256. The molecule has 14 heavy (non-hydrogen) atoms. The number of pyridine rings is 1. The molecule has 0 radical (unpaired) electrons. The van der Waals surface area contributed by atoms with Crippen LogP contribution in [0.3, 0.4) is 0 Å². The zero-order chi connectivity index (χ0) is 10.3. The standard InChI is InChI=1S/C11H15NO2/c1-3-8-5-11(8,14)9-6-12-7(2)4-10(9)13/h4,6,8,14H,3,5H2,1-2H3,(H,12,13). The second kappa shape index (κ2) is 2.95. The van der Waals surface area contributed by atoms with Crippen LogP contribution in [0.1, 0.15) is 31.0 Å². The molecule has 1 aromatic rings. The molecule has 1 heterocycles. The van der Waals surface area contributed by atoms with E-state index in [1.54, 1.807) is 12.3 Å². The highest BCUT2D eigenvalue weighted by Crippen LogP contribution is 2.52. The number of hydrogen-bond acceptors (Lipinski definition) is 2. The molecule has 1 saturated carbocycles. The van der Waals surface area contributed by atoms with Crippen molar-refractivity contribution in [2.45, 2.75) is 32.3 Å². The fraction of sp³-hybridized carbons (Fsp3) is 0.545. The van der Waals surface area contributed by atoms with E-state index < -0.39 is 5.60 Å². The maximum atomic E-state index is 11.6. The molecular formula is C11H15NO2. The zero-order valence-electron chi connectivity index (χ0n) is 8.50. The van der Waals surface area contributed by atoms with Gasteiger partial charge in [0.1, 0.15) is 0 Å². The van der Waals surface area contributed by atoms with Crippen molar-refractivity contribution >= 4 is 0 Å². The maximum absolute atomic E-state index is 11.6. The van der Waals surface area contributed by atoms with Crippen molar-refractivity contribution in [1.82, 2.24) is 4.98 Å². The summed E-state index contributed by atoms with van der Waals surface area (Å²) in [5.41, 5.74) is 0.446. The molecule has 0 bridgehead atoms. The summed E-state index contributed by atoms with van der Waals surface area (Å²) in [5, 5.41) is 10.1. The van der Waals surface area contributed by atoms with Gasteiger partial charge in [-0.3, -0.25) is 4.79 Å². The Hall–Kier alpha value is -1.09. The number of nitrogens with one attached hydrogen (secondary N) is 1. The molecule has 1 aliphatic rings. The Bertz CT molecular complexity index is 410. The molecule has 2 N–H and O–H groups in total. The Morgan fingerprint density at radius 2 is 2.43 bits per heavy atom. The smallest absolute Gasteiger partial charge is 0.187 e. The van der Waals surface area contributed by atoms with Gasteiger partial charge in [-0.2, -0.15) is 0 Å². The van der Waals surface area contributed by atoms with Crippen LogP contribution in [-0.4, -0.2) is 10.1 Å². The largest absolute Gasteiger partial charge is 0.385 e. The fourth-order valence-corrected chi connectivity index (χ4v) is 2.04. The Morgan fingerprint density at radius 1 is 1.71 bits per heavy atom. The summed E-state index contributed by atoms with van der Waals surface area (Å²) in [6.45, 7) is 3.87. The molecule has 1 fully saturated rings. The van der Waals surface area contributed by atoms with Gasteiger partial charge in [0.25, 0.3) is 0 Å². The van der Waals surface area contributed by atoms with Crippen molar-refractivity contribution in [1.29, 1.82) is 0 Å². The van der Waals surface area contributed by atoms with Crippen LogP contribution in [0, 0.1) is 12.8 Å². The molecule has 3 nitrogen and oxygen atoms in total. The number of rotatable bonds is 2. The first-order valence-electron chi connectivity index (χ1n) is 5.00. The summed E-state index contributed by atoms with van der Waals surface area (Å²) in [7, 11) is 0. The lowest BCUT2D eigenvalue weighted by Gasteiger charge is -2.09. The van der Waals surface area contributed by atoms with Crippen LogP contribution >= 0.6 is 0 Å². The van der Waals surface area contributed by atoms with Gasteiger partial charge in [-0.05, 0) is 19.3 Å². The van der Waals surface area contributed by atoms with Crippen LogP contribution in [0.4, 0.5) is 0 Å². The molecule has 0 aliphatic heterocycles. The quantitative estimate of drug-likeness (QED) is 0.743. The Balaban J connectivity index is 2.39. The molecule has 1 aliphatic carbocycles. The average molecular weight is 193 g/mol. The topological polar surface area (TPSA) is 53.1 Å². The number of aryl methyl sites for hydroxylation is 1. The van der Waals surface area contributed by atoms with Gasteiger partial charge in [-0.25, -0.2) is 0 Å². The molecule has 2 unspecified atom stereocenters. The van der Waals surface area contributed by atoms with Gasteiger partial charge in [-0.15, -0.1) is 0 Å². The van der Waals surface area contributed by atoms with Crippen LogP contribution in [0.15, 0.2) is 17.1 Å². The fourth-order valence-electron chi connectivity index (χ4n) is 2.04. The van der Waals surface area contributed by atoms with E-state index in [2.05, 4.69) is 4.98 Å². The Labute approximate surface area is 82.8 Å². The molecule has 76 valence electrons. The monoisotopic (exact) mass is 193 g/mol. The molecule has 0 saturated heterocycles. The minimum atomic E-state index is -0.851. The van der Waals surface area contributed by atoms with Gasteiger partial charge < -0.3 is 10.1 Å². The second-order valence-electron chi connectivity index (χ2n) is 4.13. The highest BCUT2D eigenvalue weighted by Gasteiger charge is 2.54. The van der Waals surface area contributed by atoms with Crippen LogP contribution < -0.4 is 5.43 Å². The van der Waals surface area contributed by atoms with Gasteiger partial charge in [-0.1, -0.05) is 13.3 Å². The number of hydrogen-bond donors (Lipinski definition) is 2. The highest BCUT2D eigenvalue weighted by atomic mass is 16.3. The summed E-state index contributed by atoms with van der Waals surface area (Å²) in [6, 6.07) is 1.54. The lowest BCUT2D eigenvalue weighted by molar-refractivity contribution is 0.129. The molecule has 0 amide bonds. The third-order valence-electron chi connectivity index (χ3n) is 3.09. The molecular weight excluding hydrogens is 178 g/mol. The lowest BCUT2D eigenvalue weighted by atomic mass is 10.1. The Morgan fingerprint density at radius 3 is 2.93 bits per heavy atom. The van der Waals surface area contributed by atoms with Crippen LogP contribution in [0.2, 0.25) is 0 Å². The second-order valence-corrected chi connectivity index (χ2v) is 4.13. The maximum Gasteiger partial charge on any atom is 0.187 e. The van der Waals surface area contributed by atoms with Gasteiger partial charge >= 0.3 is 0 Å². The van der Waals surface area contributed by atoms with Crippen LogP contribution in [-0.2, 0) is 5.60 Å². The molecule has 0 aromatic carbocycles. The summed E-state index contributed by atoms with van der Waals surface area (Å²) >= 11 is 0. The molecule has 3 heteroatoms. The minimum absolute atomic E-state index is 0.0558. The van der Waals surface area contributed by atoms with E-state index in [0.29, 0.717) is 5.56 Å². The van der Waals surface area contributed by atoms with Crippen molar-refractivity contribution in [2.75, 3.05) is 0 Å². The first-order chi connectivity index (χ1) is 6.58. The first kappa shape index (κ1) is 9.46. The van der Waals surface area contributed by atoms with E-state index >= 15 is 0 Å². The van der Waals surface area contributed by atoms with Gasteiger partial charge in [0, 0.05) is 23.5 Å². The van der Waals surface area contributed by atoms with Crippen LogP contribution in [0.25, 0.3) is 0 Å². The number of H-pyrrole nitrogens is 1. The third kappa shape index (κ3) is 1.28. The highest BCUT2D eigenvalue weighted by molar-refractivity contribution is 5.28. The molecule has 0 spiro atoms. The molecule has 1 aromatic heterocycles. The van der Waals surface area contributed by atoms with Gasteiger partial charge in [0.05, 0.1) is 5.60 Å². The van der Waals surface area contributed by atoms with E-state index in [9.17, 15) is 9.90 Å². The predicted molar refractivity (Wildman–Crippen MR) is 54.1 cm³/mol. The number of aromatic amines is 1. The number of aliphatic hydroxyl groups is 1. The van der Waals surface area contributed by atoms with Crippen molar-refractivity contribution in [3.63, 3.8) is 0 Å². The summed E-state index contributed by atoms with van der Waals surface area (Å²) < 4.78 is 0. The van der Waals surface area contributed by atoms with E-state index in [4.69, 9.17) is 0 Å². The predicted octanol–water partition coefficient (Wildman–Crippen LogP) is 1.30. The first-order valence-corrected chi connectivity index (χ1v) is 5.00. The summed E-state index contributed by atoms with van der Waals surface area (Å²) in [6.07, 6.45) is 3.28. The van der Waals surface area contributed by atoms with E-state index in [-0.39, 0.29) is 11.3 Å². The normalized spacial score (nSPS) is 30.4. The van der Waals surface area contributed by atoms with Crippen molar-refractivity contribution in [3.8, 4) is 0 Å². The van der Waals surface area contributed by atoms with Gasteiger partial charge in [0.15, 0.2) is 5.43 Å².